The number of carboxylic acids is 1. The van der Waals surface area contributed by atoms with E-state index in [2.05, 4.69) is 11.0 Å². The summed E-state index contributed by atoms with van der Waals surface area (Å²) in [5.74, 6) is -0.0684. The summed E-state index contributed by atoms with van der Waals surface area (Å²) < 4.78 is 44.9. The van der Waals surface area contributed by atoms with Crippen LogP contribution in [-0.4, -0.2) is 17.6 Å². The first-order valence-electron chi connectivity index (χ1n) is 11.2. The largest absolute Gasteiger partial charge is 0.487 e. The van der Waals surface area contributed by atoms with Crippen molar-refractivity contribution in [1.82, 2.24) is 0 Å². The van der Waals surface area contributed by atoms with Crippen LogP contribution in [0.15, 0.2) is 66.7 Å². The molecule has 1 aliphatic heterocycles. The molecule has 0 aliphatic carbocycles. The second-order valence-electron chi connectivity index (χ2n) is 8.48. The Bertz CT molecular complexity index is 1130. The van der Waals surface area contributed by atoms with Crippen LogP contribution in [0.3, 0.4) is 0 Å². The van der Waals surface area contributed by atoms with E-state index in [1.807, 2.05) is 36.4 Å². The molecule has 0 atom stereocenters. The summed E-state index contributed by atoms with van der Waals surface area (Å²) in [5.41, 5.74) is 4.26. The third kappa shape index (κ3) is 5.90. The molecule has 0 amide bonds. The van der Waals surface area contributed by atoms with Gasteiger partial charge in [0.05, 0.1) is 11.3 Å². The summed E-state index contributed by atoms with van der Waals surface area (Å²) in [7, 11) is 0. The minimum absolute atomic E-state index is 0.0980. The molecule has 0 unspecified atom stereocenters. The Morgan fingerprint density at radius 2 is 1.62 bits per heavy atom. The Hall–Kier alpha value is -3.48. The van der Waals surface area contributed by atoms with Crippen molar-refractivity contribution in [3.63, 3.8) is 0 Å². The van der Waals surface area contributed by atoms with E-state index in [9.17, 15) is 18.0 Å². The number of rotatable bonds is 8. The number of fused-ring (bicyclic) bond motifs is 1. The first-order valence-corrected chi connectivity index (χ1v) is 11.2. The summed E-state index contributed by atoms with van der Waals surface area (Å²) in [6.07, 6.45) is -1.86. The summed E-state index contributed by atoms with van der Waals surface area (Å²) in [6.45, 7) is 1.67. The van der Waals surface area contributed by atoms with E-state index in [1.165, 1.54) is 17.7 Å². The molecule has 0 bridgehead atoms. The van der Waals surface area contributed by atoms with Gasteiger partial charge in [0.2, 0.25) is 0 Å². The fourth-order valence-electron chi connectivity index (χ4n) is 4.21. The molecule has 0 saturated heterocycles. The van der Waals surface area contributed by atoms with E-state index >= 15 is 0 Å². The predicted octanol–water partition coefficient (Wildman–Crippen LogP) is 6.25. The normalized spacial score (nSPS) is 13.4. The van der Waals surface area contributed by atoms with Gasteiger partial charge >= 0.3 is 12.1 Å². The van der Waals surface area contributed by atoms with Gasteiger partial charge in [-0.3, -0.25) is 4.79 Å². The Morgan fingerprint density at radius 1 is 0.941 bits per heavy atom. The van der Waals surface area contributed by atoms with E-state index in [4.69, 9.17) is 9.84 Å². The van der Waals surface area contributed by atoms with Crippen molar-refractivity contribution in [2.24, 2.45) is 0 Å². The molecule has 3 aromatic carbocycles. The van der Waals surface area contributed by atoms with Gasteiger partial charge in [-0.25, -0.2) is 0 Å². The van der Waals surface area contributed by atoms with Gasteiger partial charge in [0.15, 0.2) is 0 Å². The smallest absolute Gasteiger partial charge is 0.416 e. The Kier molecular flexibility index (Phi) is 7.10. The van der Waals surface area contributed by atoms with Gasteiger partial charge in [-0.05, 0) is 59.7 Å². The maximum atomic E-state index is 12.9. The highest BCUT2D eigenvalue weighted by molar-refractivity contribution is 5.67. The van der Waals surface area contributed by atoms with Gasteiger partial charge in [0.25, 0.3) is 0 Å². The fourth-order valence-corrected chi connectivity index (χ4v) is 4.21. The van der Waals surface area contributed by atoms with Crippen molar-refractivity contribution in [1.29, 1.82) is 0 Å². The summed E-state index contributed by atoms with van der Waals surface area (Å²) in [5, 5.41) is 8.83. The second kappa shape index (κ2) is 10.2. The van der Waals surface area contributed by atoms with Crippen LogP contribution in [0.1, 0.15) is 40.7 Å². The quantitative estimate of drug-likeness (QED) is 0.423. The Morgan fingerprint density at radius 3 is 2.29 bits per heavy atom. The summed E-state index contributed by atoms with van der Waals surface area (Å²) >= 11 is 0. The first-order chi connectivity index (χ1) is 16.3. The lowest BCUT2D eigenvalue weighted by Gasteiger charge is -2.33. The molecule has 0 spiro atoms. The second-order valence-corrected chi connectivity index (χ2v) is 8.48. The maximum Gasteiger partial charge on any atom is 0.416 e. The van der Waals surface area contributed by atoms with Crippen LogP contribution in [0.25, 0.3) is 0 Å². The van der Waals surface area contributed by atoms with Gasteiger partial charge in [-0.15, -0.1) is 0 Å². The van der Waals surface area contributed by atoms with E-state index in [-0.39, 0.29) is 6.42 Å². The molecule has 4 rings (SSSR count). The number of anilines is 1. The Labute approximate surface area is 196 Å². The predicted molar refractivity (Wildman–Crippen MR) is 124 cm³/mol. The van der Waals surface area contributed by atoms with Crippen LogP contribution in [0.5, 0.6) is 5.75 Å². The number of carbonyl (C=O) groups is 1. The van der Waals surface area contributed by atoms with Gasteiger partial charge in [-0.2, -0.15) is 13.2 Å². The molecular weight excluding hydrogens is 443 g/mol. The zero-order chi connectivity index (χ0) is 24.1. The van der Waals surface area contributed by atoms with Crippen molar-refractivity contribution in [2.45, 2.75) is 45.0 Å². The molecule has 34 heavy (non-hydrogen) atoms. The summed E-state index contributed by atoms with van der Waals surface area (Å²) in [6, 6.07) is 19.0. The van der Waals surface area contributed by atoms with Crippen LogP contribution in [-0.2, 0) is 37.0 Å². The number of hydrogen-bond donors (Lipinski definition) is 1. The van der Waals surface area contributed by atoms with Gasteiger partial charge in [-0.1, -0.05) is 48.5 Å². The maximum absolute atomic E-state index is 12.9. The lowest BCUT2D eigenvalue weighted by molar-refractivity contribution is -0.138. The minimum atomic E-state index is -4.34. The fraction of sp³-hybridized carbons (Fsp3) is 0.296. The molecule has 4 nitrogen and oxygen atoms in total. The molecule has 178 valence electrons. The SMILES string of the molecule is O=C(O)CCc1ccc(COc2cccc3c2N(Cc2ccc(C(F)(F)F)cc2)CCC3)cc1. The van der Waals surface area contributed by atoms with E-state index < -0.39 is 17.7 Å². The number of alkyl halides is 3. The number of carboxylic acid groups (broad SMARTS) is 1. The zero-order valence-corrected chi connectivity index (χ0v) is 18.6. The number of nitrogens with zero attached hydrogens (tertiary/aromatic N) is 1. The van der Waals surface area contributed by atoms with Crippen molar-refractivity contribution < 1.29 is 27.8 Å². The lowest BCUT2D eigenvalue weighted by atomic mass is 10.00. The summed E-state index contributed by atoms with van der Waals surface area (Å²) in [4.78, 5) is 12.9. The number of halogens is 3. The molecule has 1 N–H and O–H groups in total. The standard InChI is InChI=1S/C27H26F3NO3/c28-27(29,30)23-13-10-20(11-14-23)17-31-16-2-4-22-3-1-5-24(26(22)31)34-18-21-8-6-19(7-9-21)12-15-25(32)33/h1,3,5-11,13-14H,2,4,12,15-18H2,(H,32,33). The molecule has 1 heterocycles. The van der Waals surface area contributed by atoms with Gasteiger partial charge in [0, 0.05) is 19.5 Å². The topological polar surface area (TPSA) is 49.8 Å². The molecule has 0 fully saturated rings. The minimum Gasteiger partial charge on any atom is -0.487 e. The molecule has 0 radical (unpaired) electrons. The molecular formula is C27H26F3NO3. The average Bonchev–Trinajstić information content (AvgIpc) is 2.82. The number of aliphatic carboxylic acids is 1. The van der Waals surface area contributed by atoms with Crippen molar-refractivity contribution >= 4 is 11.7 Å². The third-order valence-corrected chi connectivity index (χ3v) is 5.97. The van der Waals surface area contributed by atoms with Gasteiger partial charge in [0.1, 0.15) is 12.4 Å². The highest BCUT2D eigenvalue weighted by Crippen LogP contribution is 2.38. The molecule has 0 aromatic heterocycles. The average molecular weight is 470 g/mol. The third-order valence-electron chi connectivity index (χ3n) is 5.97. The van der Waals surface area contributed by atoms with Crippen molar-refractivity contribution in [2.75, 3.05) is 11.4 Å². The number of aryl methyl sites for hydroxylation is 2. The van der Waals surface area contributed by atoms with Crippen molar-refractivity contribution in [3.05, 3.63) is 94.5 Å². The van der Waals surface area contributed by atoms with E-state index in [0.29, 0.717) is 19.6 Å². The highest BCUT2D eigenvalue weighted by Gasteiger charge is 2.30. The molecule has 3 aromatic rings. The number of para-hydroxylation sites is 1. The highest BCUT2D eigenvalue weighted by atomic mass is 19.4. The lowest BCUT2D eigenvalue weighted by Crippen LogP contribution is -2.29. The van der Waals surface area contributed by atoms with Crippen LogP contribution in [0, 0.1) is 0 Å². The van der Waals surface area contributed by atoms with E-state index in [0.717, 1.165) is 59.6 Å². The number of ether oxygens (including phenoxy) is 1. The van der Waals surface area contributed by atoms with Crippen LogP contribution >= 0.6 is 0 Å². The Balaban J connectivity index is 1.47. The van der Waals surface area contributed by atoms with Crippen LogP contribution < -0.4 is 9.64 Å². The van der Waals surface area contributed by atoms with E-state index in [1.54, 1.807) is 0 Å². The zero-order valence-electron chi connectivity index (χ0n) is 18.6. The number of benzene rings is 3. The monoisotopic (exact) mass is 469 g/mol. The van der Waals surface area contributed by atoms with Crippen LogP contribution in [0.2, 0.25) is 0 Å². The molecule has 0 saturated carbocycles. The molecule has 7 heteroatoms. The van der Waals surface area contributed by atoms with Crippen molar-refractivity contribution in [3.8, 4) is 5.75 Å². The van der Waals surface area contributed by atoms with Gasteiger partial charge < -0.3 is 14.7 Å². The first kappa shape index (κ1) is 23.7. The van der Waals surface area contributed by atoms with Crippen LogP contribution in [0.4, 0.5) is 18.9 Å². The molecule has 1 aliphatic rings. The number of hydrogen-bond acceptors (Lipinski definition) is 3.